The number of nitrogens with one attached hydrogen (secondary N) is 3. The highest BCUT2D eigenvalue weighted by Crippen LogP contribution is 2.27. The molecule has 2 amide bonds. The lowest BCUT2D eigenvalue weighted by Gasteiger charge is -2.12. The summed E-state index contributed by atoms with van der Waals surface area (Å²) in [6.45, 7) is 5.84. The van der Waals surface area contributed by atoms with Crippen molar-refractivity contribution in [2.24, 2.45) is 0 Å². The van der Waals surface area contributed by atoms with Crippen LogP contribution in [-0.2, 0) is 9.59 Å². The van der Waals surface area contributed by atoms with Gasteiger partial charge in [-0.3, -0.25) is 9.59 Å². The van der Waals surface area contributed by atoms with Crippen LogP contribution in [0.3, 0.4) is 0 Å². The van der Waals surface area contributed by atoms with Gasteiger partial charge in [0.15, 0.2) is 0 Å². The zero-order valence-corrected chi connectivity index (χ0v) is 15.3. The third kappa shape index (κ3) is 5.80. The summed E-state index contributed by atoms with van der Waals surface area (Å²) in [6.07, 6.45) is 0.317. The maximum absolute atomic E-state index is 12.1. The number of hydrogen-bond acceptors (Lipinski definition) is 3. The van der Waals surface area contributed by atoms with Crippen LogP contribution in [0.25, 0.3) is 0 Å². The molecule has 5 nitrogen and oxygen atoms in total. The minimum atomic E-state index is -0.109. The molecule has 0 heterocycles. The Kier molecular flexibility index (Phi) is 6.42. The molecule has 6 heteroatoms. The second-order valence-electron chi connectivity index (χ2n) is 5.92. The molecule has 25 heavy (non-hydrogen) atoms. The van der Waals surface area contributed by atoms with Gasteiger partial charge in [0, 0.05) is 31.3 Å². The number of rotatable bonds is 6. The third-order valence-electron chi connectivity index (χ3n) is 3.58. The van der Waals surface area contributed by atoms with E-state index in [4.69, 9.17) is 11.6 Å². The van der Waals surface area contributed by atoms with Gasteiger partial charge in [0.2, 0.25) is 11.8 Å². The molecular formula is C19H22ClN3O2. The van der Waals surface area contributed by atoms with Crippen LogP contribution in [0.1, 0.15) is 24.5 Å². The number of hydrogen-bond donors (Lipinski definition) is 3. The van der Waals surface area contributed by atoms with Gasteiger partial charge in [-0.05, 0) is 55.3 Å². The number of carbonyl (C=O) groups excluding carboxylic acids is 2. The van der Waals surface area contributed by atoms with Crippen LogP contribution >= 0.6 is 11.6 Å². The molecule has 0 spiro atoms. The Hall–Kier alpha value is -2.53. The van der Waals surface area contributed by atoms with Crippen molar-refractivity contribution >= 4 is 40.5 Å². The fraction of sp³-hybridized carbons (Fsp3) is 0.263. The Morgan fingerprint density at radius 3 is 2.24 bits per heavy atom. The lowest BCUT2D eigenvalue weighted by atomic mass is 10.1. The second kappa shape index (κ2) is 8.53. The summed E-state index contributed by atoms with van der Waals surface area (Å²) in [5.41, 5.74) is 4.29. The summed E-state index contributed by atoms with van der Waals surface area (Å²) < 4.78 is 0. The monoisotopic (exact) mass is 359 g/mol. The highest BCUT2D eigenvalue weighted by atomic mass is 35.5. The smallest absolute Gasteiger partial charge is 0.226 e. The second-order valence-corrected chi connectivity index (χ2v) is 6.33. The van der Waals surface area contributed by atoms with Crippen LogP contribution in [0.4, 0.5) is 17.1 Å². The van der Waals surface area contributed by atoms with Gasteiger partial charge in [0.25, 0.3) is 0 Å². The third-order valence-corrected chi connectivity index (χ3v) is 3.88. The van der Waals surface area contributed by atoms with Crippen molar-refractivity contribution in [3.05, 3.63) is 52.5 Å². The summed E-state index contributed by atoms with van der Waals surface area (Å²) in [5, 5.41) is 9.29. The van der Waals surface area contributed by atoms with Crippen molar-refractivity contribution in [3.8, 4) is 0 Å². The predicted molar refractivity (Wildman–Crippen MR) is 103 cm³/mol. The highest BCUT2D eigenvalue weighted by Gasteiger charge is 2.09. The lowest BCUT2D eigenvalue weighted by Crippen LogP contribution is -2.17. The largest absolute Gasteiger partial charge is 0.385 e. The van der Waals surface area contributed by atoms with Gasteiger partial charge in [-0.1, -0.05) is 17.7 Å². The first-order valence-electron chi connectivity index (χ1n) is 8.03. The maximum Gasteiger partial charge on any atom is 0.226 e. The molecule has 0 radical (unpaired) electrons. The molecule has 0 saturated heterocycles. The highest BCUT2D eigenvalue weighted by molar-refractivity contribution is 6.34. The molecule has 2 aromatic carbocycles. The Bertz CT molecular complexity index is 750. The quantitative estimate of drug-likeness (QED) is 0.717. The Labute approximate surface area is 152 Å². The number of amides is 2. The van der Waals surface area contributed by atoms with Gasteiger partial charge < -0.3 is 16.0 Å². The minimum absolute atomic E-state index is 0.101. The predicted octanol–water partition coefficient (Wildman–Crippen LogP) is 4.36. The zero-order chi connectivity index (χ0) is 18.4. The topological polar surface area (TPSA) is 70.2 Å². The fourth-order valence-electron chi connectivity index (χ4n) is 2.47. The first-order valence-corrected chi connectivity index (χ1v) is 8.41. The standard InChI is InChI=1S/C19H22ClN3O2/c1-12-10-13(2)19(17(20)11-12)23-18(25)8-9-21-15-4-6-16(7-5-15)22-14(3)24/h4-7,10-11,21H,8-9H2,1-3H3,(H,22,24)(H,23,25). The van der Waals surface area contributed by atoms with E-state index in [1.165, 1.54) is 6.92 Å². The number of carbonyl (C=O) groups is 2. The van der Waals surface area contributed by atoms with E-state index < -0.39 is 0 Å². The Morgan fingerprint density at radius 2 is 1.64 bits per heavy atom. The average molecular weight is 360 g/mol. The zero-order valence-electron chi connectivity index (χ0n) is 14.6. The van der Waals surface area contributed by atoms with Crippen molar-refractivity contribution in [1.82, 2.24) is 0 Å². The molecule has 2 rings (SSSR count). The summed E-state index contributed by atoms with van der Waals surface area (Å²) >= 11 is 6.20. The van der Waals surface area contributed by atoms with E-state index in [-0.39, 0.29) is 11.8 Å². The maximum atomic E-state index is 12.1. The minimum Gasteiger partial charge on any atom is -0.385 e. The van der Waals surface area contributed by atoms with Crippen molar-refractivity contribution in [2.75, 3.05) is 22.5 Å². The van der Waals surface area contributed by atoms with Gasteiger partial charge in [-0.15, -0.1) is 0 Å². The first kappa shape index (κ1) is 18.8. The number of benzene rings is 2. The molecule has 3 N–H and O–H groups in total. The SMILES string of the molecule is CC(=O)Nc1ccc(NCCC(=O)Nc2c(C)cc(C)cc2Cl)cc1. The van der Waals surface area contributed by atoms with Gasteiger partial charge in [-0.2, -0.15) is 0 Å². The summed E-state index contributed by atoms with van der Waals surface area (Å²) in [7, 11) is 0. The number of anilines is 3. The molecule has 0 aliphatic rings. The van der Waals surface area contributed by atoms with E-state index in [2.05, 4.69) is 16.0 Å². The normalized spacial score (nSPS) is 10.2. The van der Waals surface area contributed by atoms with Crippen LogP contribution in [0, 0.1) is 13.8 Å². The van der Waals surface area contributed by atoms with Gasteiger partial charge in [-0.25, -0.2) is 0 Å². The van der Waals surface area contributed by atoms with Crippen LogP contribution in [0.15, 0.2) is 36.4 Å². The van der Waals surface area contributed by atoms with E-state index in [0.29, 0.717) is 23.7 Å². The van der Waals surface area contributed by atoms with E-state index in [9.17, 15) is 9.59 Å². The van der Waals surface area contributed by atoms with Crippen molar-refractivity contribution in [3.63, 3.8) is 0 Å². The van der Waals surface area contributed by atoms with Crippen LogP contribution in [-0.4, -0.2) is 18.4 Å². The lowest BCUT2D eigenvalue weighted by molar-refractivity contribution is -0.116. The molecule has 132 valence electrons. The van der Waals surface area contributed by atoms with E-state index >= 15 is 0 Å². The average Bonchev–Trinajstić information content (AvgIpc) is 2.52. The summed E-state index contributed by atoms with van der Waals surface area (Å²) in [6, 6.07) is 11.1. The molecule has 0 atom stereocenters. The van der Waals surface area contributed by atoms with Gasteiger partial charge in [0.05, 0.1) is 10.7 Å². The molecule has 0 aliphatic heterocycles. The van der Waals surface area contributed by atoms with Crippen LogP contribution in [0.5, 0.6) is 0 Å². The number of halogens is 1. The Morgan fingerprint density at radius 1 is 1.00 bits per heavy atom. The molecule has 0 aliphatic carbocycles. The van der Waals surface area contributed by atoms with Crippen molar-refractivity contribution < 1.29 is 9.59 Å². The van der Waals surface area contributed by atoms with Crippen LogP contribution < -0.4 is 16.0 Å². The number of aryl methyl sites for hydroxylation is 2. The molecule has 2 aromatic rings. The molecule has 0 aromatic heterocycles. The van der Waals surface area contributed by atoms with Crippen molar-refractivity contribution in [2.45, 2.75) is 27.2 Å². The van der Waals surface area contributed by atoms with Gasteiger partial charge >= 0.3 is 0 Å². The van der Waals surface area contributed by atoms with Crippen molar-refractivity contribution in [1.29, 1.82) is 0 Å². The summed E-state index contributed by atoms with van der Waals surface area (Å²) in [5.74, 6) is -0.210. The first-order chi connectivity index (χ1) is 11.8. The Balaban J connectivity index is 1.84. The van der Waals surface area contributed by atoms with Crippen LogP contribution in [0.2, 0.25) is 5.02 Å². The molecule has 0 fully saturated rings. The summed E-state index contributed by atoms with van der Waals surface area (Å²) in [4.78, 5) is 23.1. The van der Waals surface area contributed by atoms with E-state index in [0.717, 1.165) is 22.5 Å². The van der Waals surface area contributed by atoms with E-state index in [1.807, 2.05) is 38.1 Å². The van der Waals surface area contributed by atoms with Gasteiger partial charge in [0.1, 0.15) is 0 Å². The van der Waals surface area contributed by atoms with E-state index in [1.54, 1.807) is 12.1 Å². The molecule has 0 saturated carbocycles. The molecular weight excluding hydrogens is 338 g/mol. The fourth-order valence-corrected chi connectivity index (χ4v) is 2.84. The molecule has 0 unspecified atom stereocenters. The molecule has 0 bridgehead atoms.